The van der Waals surface area contributed by atoms with E-state index in [2.05, 4.69) is 11.4 Å². The summed E-state index contributed by atoms with van der Waals surface area (Å²) in [6.07, 6.45) is 3.66. The Labute approximate surface area is 96.6 Å². The summed E-state index contributed by atoms with van der Waals surface area (Å²) >= 11 is 0. The van der Waals surface area contributed by atoms with Crippen molar-refractivity contribution in [1.82, 2.24) is 5.32 Å². The molecule has 0 unspecified atom stereocenters. The number of aliphatic hydroxyl groups excluding tert-OH is 1. The van der Waals surface area contributed by atoms with Crippen LogP contribution in [0.4, 0.5) is 0 Å². The van der Waals surface area contributed by atoms with Crippen molar-refractivity contribution in [2.45, 2.75) is 51.5 Å². The molecule has 0 atom stereocenters. The van der Waals surface area contributed by atoms with Crippen LogP contribution in [-0.2, 0) is 4.79 Å². The van der Waals surface area contributed by atoms with Gasteiger partial charge < -0.3 is 10.4 Å². The number of carbonyl (C=O) groups excluding carboxylic acids is 1. The molecule has 0 radical (unpaired) electrons. The van der Waals surface area contributed by atoms with Crippen LogP contribution in [0.3, 0.4) is 0 Å². The summed E-state index contributed by atoms with van der Waals surface area (Å²) in [6, 6.07) is 2.12. The van der Waals surface area contributed by atoms with Crippen LogP contribution in [0.25, 0.3) is 0 Å². The fourth-order valence-corrected chi connectivity index (χ4v) is 2.07. The Morgan fingerprint density at radius 3 is 2.31 bits per heavy atom. The molecule has 0 spiro atoms. The Balaban J connectivity index is 2.74. The van der Waals surface area contributed by atoms with E-state index in [-0.39, 0.29) is 12.5 Å². The highest BCUT2D eigenvalue weighted by Gasteiger charge is 2.43. The van der Waals surface area contributed by atoms with Gasteiger partial charge in [0.15, 0.2) is 0 Å². The Bertz CT molecular complexity index is 293. The number of amides is 1. The van der Waals surface area contributed by atoms with Crippen LogP contribution in [0.1, 0.15) is 46.0 Å². The molecule has 1 aliphatic carbocycles. The molecule has 0 aliphatic heterocycles. The number of nitrogens with one attached hydrogen (secondary N) is 1. The van der Waals surface area contributed by atoms with E-state index in [4.69, 9.17) is 5.26 Å². The third-order valence-electron chi connectivity index (χ3n) is 3.85. The monoisotopic (exact) mass is 224 g/mol. The molecule has 2 N–H and O–H groups in total. The van der Waals surface area contributed by atoms with Gasteiger partial charge in [-0.1, -0.05) is 13.8 Å². The molecule has 4 nitrogen and oxygen atoms in total. The minimum absolute atomic E-state index is 0.0341. The molecule has 90 valence electrons. The van der Waals surface area contributed by atoms with Gasteiger partial charge in [0.25, 0.3) is 0 Å². The van der Waals surface area contributed by atoms with Gasteiger partial charge in [-0.2, -0.15) is 5.26 Å². The van der Waals surface area contributed by atoms with Crippen LogP contribution in [0.2, 0.25) is 0 Å². The summed E-state index contributed by atoms with van der Waals surface area (Å²) in [5.74, 6) is -0.228. The zero-order valence-corrected chi connectivity index (χ0v) is 10.0. The highest BCUT2D eigenvalue weighted by atomic mass is 16.3. The summed E-state index contributed by atoms with van der Waals surface area (Å²) in [6.45, 7) is 3.66. The van der Waals surface area contributed by atoms with Crippen molar-refractivity contribution < 1.29 is 9.90 Å². The fraction of sp³-hybridized carbons (Fsp3) is 0.833. The van der Waals surface area contributed by atoms with Crippen LogP contribution >= 0.6 is 0 Å². The lowest BCUT2D eigenvalue weighted by Crippen LogP contribution is -2.59. The molecule has 0 aromatic carbocycles. The van der Waals surface area contributed by atoms with Gasteiger partial charge in [-0.05, 0) is 32.1 Å². The molecule has 4 heteroatoms. The summed E-state index contributed by atoms with van der Waals surface area (Å²) in [4.78, 5) is 12.1. The van der Waals surface area contributed by atoms with Crippen molar-refractivity contribution in [3.63, 3.8) is 0 Å². The lowest BCUT2D eigenvalue weighted by atomic mass is 9.75. The van der Waals surface area contributed by atoms with Gasteiger partial charge in [-0.15, -0.1) is 0 Å². The van der Waals surface area contributed by atoms with Crippen LogP contribution in [0.5, 0.6) is 0 Å². The van der Waals surface area contributed by atoms with E-state index in [1.807, 2.05) is 13.8 Å². The van der Waals surface area contributed by atoms with E-state index in [0.717, 1.165) is 19.3 Å². The quantitative estimate of drug-likeness (QED) is 0.740. The van der Waals surface area contributed by atoms with E-state index in [0.29, 0.717) is 12.8 Å². The van der Waals surface area contributed by atoms with Gasteiger partial charge in [0.05, 0.1) is 18.2 Å². The lowest BCUT2D eigenvalue weighted by Gasteiger charge is -2.42. The van der Waals surface area contributed by atoms with E-state index < -0.39 is 11.0 Å². The molecular weight excluding hydrogens is 204 g/mol. The third kappa shape index (κ3) is 2.05. The van der Waals surface area contributed by atoms with Gasteiger partial charge in [-0.3, -0.25) is 4.79 Å². The van der Waals surface area contributed by atoms with Crippen LogP contribution in [0.15, 0.2) is 0 Å². The van der Waals surface area contributed by atoms with Crippen molar-refractivity contribution in [3.05, 3.63) is 0 Å². The van der Waals surface area contributed by atoms with E-state index in [1.54, 1.807) is 0 Å². The molecule has 0 bridgehead atoms. The molecule has 1 rings (SSSR count). The Hall–Kier alpha value is -1.08. The first-order valence-electron chi connectivity index (χ1n) is 5.93. The van der Waals surface area contributed by atoms with Crippen molar-refractivity contribution in [3.8, 4) is 6.07 Å². The van der Waals surface area contributed by atoms with Crippen molar-refractivity contribution in [2.24, 2.45) is 5.41 Å². The largest absolute Gasteiger partial charge is 0.394 e. The maximum atomic E-state index is 12.1. The minimum atomic E-state index is -0.933. The first-order chi connectivity index (χ1) is 7.58. The highest BCUT2D eigenvalue weighted by molar-refractivity contribution is 5.86. The number of aliphatic hydroxyl groups is 1. The second kappa shape index (κ2) is 4.84. The third-order valence-corrected chi connectivity index (χ3v) is 3.85. The van der Waals surface area contributed by atoms with Gasteiger partial charge in [0.1, 0.15) is 5.41 Å². The van der Waals surface area contributed by atoms with Crippen LogP contribution < -0.4 is 5.32 Å². The minimum Gasteiger partial charge on any atom is -0.394 e. The van der Waals surface area contributed by atoms with Gasteiger partial charge in [0, 0.05) is 0 Å². The van der Waals surface area contributed by atoms with E-state index in [9.17, 15) is 9.90 Å². The maximum absolute atomic E-state index is 12.1. The number of hydrogen-bond acceptors (Lipinski definition) is 3. The van der Waals surface area contributed by atoms with Crippen molar-refractivity contribution in [1.29, 1.82) is 5.26 Å². The first-order valence-corrected chi connectivity index (χ1v) is 5.93. The Morgan fingerprint density at radius 1 is 1.50 bits per heavy atom. The van der Waals surface area contributed by atoms with Crippen LogP contribution in [0, 0.1) is 16.7 Å². The average molecular weight is 224 g/mol. The standard InChI is InChI=1S/C12H20N2O2/c1-3-11(4-2,8-13)10(16)14-12(9-15)6-5-7-12/h15H,3-7,9H2,1-2H3,(H,14,16). The molecule has 0 heterocycles. The molecule has 0 aromatic rings. The fourth-order valence-electron chi connectivity index (χ4n) is 2.07. The van der Waals surface area contributed by atoms with Crippen molar-refractivity contribution >= 4 is 5.91 Å². The number of rotatable bonds is 5. The Morgan fingerprint density at radius 2 is 2.06 bits per heavy atom. The maximum Gasteiger partial charge on any atom is 0.240 e. The molecule has 0 saturated heterocycles. The molecule has 1 aliphatic rings. The number of hydrogen-bond donors (Lipinski definition) is 2. The molecule has 16 heavy (non-hydrogen) atoms. The first kappa shape index (κ1) is 13.0. The summed E-state index contributed by atoms with van der Waals surface area (Å²) in [5, 5.41) is 21.3. The SMILES string of the molecule is CCC(C#N)(CC)C(=O)NC1(CO)CCC1. The van der Waals surface area contributed by atoms with E-state index >= 15 is 0 Å². The van der Waals surface area contributed by atoms with Crippen molar-refractivity contribution in [2.75, 3.05) is 6.61 Å². The molecule has 0 aromatic heterocycles. The zero-order chi connectivity index (χ0) is 12.2. The second-order valence-electron chi connectivity index (χ2n) is 4.65. The summed E-state index contributed by atoms with van der Waals surface area (Å²) in [5.41, 5.74) is -1.39. The van der Waals surface area contributed by atoms with Crippen LogP contribution in [-0.4, -0.2) is 23.2 Å². The van der Waals surface area contributed by atoms with Gasteiger partial charge in [0.2, 0.25) is 5.91 Å². The average Bonchev–Trinajstić information content (AvgIpc) is 2.26. The lowest BCUT2D eigenvalue weighted by molar-refractivity contribution is -0.132. The number of nitriles is 1. The molecule has 1 amide bonds. The van der Waals surface area contributed by atoms with Gasteiger partial charge in [-0.25, -0.2) is 0 Å². The highest BCUT2D eigenvalue weighted by Crippen LogP contribution is 2.34. The molecule has 1 fully saturated rings. The number of carbonyl (C=O) groups is 1. The summed E-state index contributed by atoms with van der Waals surface area (Å²) < 4.78 is 0. The zero-order valence-electron chi connectivity index (χ0n) is 10.0. The normalized spacial score (nSPS) is 18.4. The smallest absolute Gasteiger partial charge is 0.240 e. The summed E-state index contributed by atoms with van der Waals surface area (Å²) in [7, 11) is 0. The number of nitrogens with zero attached hydrogens (tertiary/aromatic N) is 1. The Kier molecular flexibility index (Phi) is 3.93. The predicted molar refractivity (Wildman–Crippen MR) is 60.4 cm³/mol. The molecular formula is C12H20N2O2. The predicted octanol–water partition coefficient (Wildman–Crippen LogP) is 1.35. The van der Waals surface area contributed by atoms with Gasteiger partial charge >= 0.3 is 0 Å². The van der Waals surface area contributed by atoms with E-state index in [1.165, 1.54) is 0 Å². The topological polar surface area (TPSA) is 73.1 Å². The molecule has 1 saturated carbocycles. The second-order valence-corrected chi connectivity index (χ2v) is 4.65.